The quantitative estimate of drug-likeness (QED) is 0.786. The van der Waals surface area contributed by atoms with E-state index in [9.17, 15) is 0 Å². The van der Waals surface area contributed by atoms with Gasteiger partial charge in [0, 0.05) is 24.8 Å². The summed E-state index contributed by atoms with van der Waals surface area (Å²) in [6, 6.07) is 4.05. The highest BCUT2D eigenvalue weighted by molar-refractivity contribution is 5.32. The maximum Gasteiger partial charge on any atom is 0.213 e. The van der Waals surface area contributed by atoms with Crippen molar-refractivity contribution in [3.05, 3.63) is 23.4 Å². The van der Waals surface area contributed by atoms with Gasteiger partial charge in [0.2, 0.25) is 5.88 Å². The summed E-state index contributed by atoms with van der Waals surface area (Å²) in [5, 5.41) is 0. The molecule has 108 valence electrons. The molecule has 2 fully saturated rings. The first-order chi connectivity index (χ1) is 9.80. The fourth-order valence-electron chi connectivity index (χ4n) is 3.65. The summed E-state index contributed by atoms with van der Waals surface area (Å²) in [5.74, 6) is 0.563. The Bertz CT molecular complexity index is 513. The molecule has 1 aromatic rings. The van der Waals surface area contributed by atoms with Gasteiger partial charge in [0.15, 0.2) is 5.79 Å². The van der Waals surface area contributed by atoms with Gasteiger partial charge in [0.05, 0.1) is 38.7 Å². The molecule has 5 heteroatoms. The molecule has 1 saturated carbocycles. The van der Waals surface area contributed by atoms with Gasteiger partial charge in [-0.15, -0.1) is 0 Å². The third kappa shape index (κ3) is 1.92. The topological polar surface area (TPSA) is 49.8 Å². The largest absolute Gasteiger partial charge is 0.481 e. The lowest BCUT2D eigenvalue weighted by atomic mass is 9.76. The minimum absolute atomic E-state index is 0.260. The van der Waals surface area contributed by atoms with Crippen molar-refractivity contribution in [2.45, 2.75) is 43.7 Å². The molecule has 4 rings (SSSR count). The van der Waals surface area contributed by atoms with Crippen molar-refractivity contribution in [1.82, 2.24) is 4.98 Å². The van der Waals surface area contributed by atoms with E-state index in [1.807, 2.05) is 6.07 Å². The molecule has 0 amide bonds. The minimum Gasteiger partial charge on any atom is -0.481 e. The smallest absolute Gasteiger partial charge is 0.213 e. The average molecular weight is 277 g/mol. The molecule has 1 aromatic heterocycles. The van der Waals surface area contributed by atoms with Crippen LogP contribution in [0, 0.1) is 0 Å². The Morgan fingerprint density at radius 3 is 2.95 bits per heavy atom. The molecular formula is C15H19NO4. The first-order valence-corrected chi connectivity index (χ1v) is 7.23. The van der Waals surface area contributed by atoms with Crippen LogP contribution in [0.15, 0.2) is 12.1 Å². The average Bonchev–Trinajstić information content (AvgIpc) is 2.94. The summed E-state index contributed by atoms with van der Waals surface area (Å²) in [6.07, 6.45) is 3.03. The number of fused-ring (bicyclic) bond motifs is 3. The van der Waals surface area contributed by atoms with Gasteiger partial charge >= 0.3 is 0 Å². The van der Waals surface area contributed by atoms with Crippen molar-refractivity contribution in [3.8, 4) is 5.88 Å². The van der Waals surface area contributed by atoms with Crippen molar-refractivity contribution >= 4 is 0 Å². The Labute approximate surface area is 118 Å². The van der Waals surface area contributed by atoms with Crippen LogP contribution < -0.4 is 4.74 Å². The Balaban J connectivity index is 1.66. The number of hydrogen-bond acceptors (Lipinski definition) is 5. The number of ether oxygens (including phenoxy) is 4. The monoisotopic (exact) mass is 277 g/mol. The molecule has 1 aliphatic carbocycles. The number of aromatic nitrogens is 1. The summed E-state index contributed by atoms with van der Waals surface area (Å²) in [5.41, 5.74) is 2.25. The Morgan fingerprint density at radius 1 is 1.30 bits per heavy atom. The van der Waals surface area contributed by atoms with E-state index < -0.39 is 0 Å². The summed E-state index contributed by atoms with van der Waals surface area (Å²) >= 11 is 0. The van der Waals surface area contributed by atoms with Crippen molar-refractivity contribution in [2.24, 2.45) is 0 Å². The van der Waals surface area contributed by atoms with E-state index >= 15 is 0 Å². The SMILES string of the molecule is COc1ccc2c(n1)CO[C@H]1CCC3(C[C@H]21)OCCO3. The molecule has 2 atom stereocenters. The lowest BCUT2D eigenvalue weighted by Crippen LogP contribution is -2.44. The van der Waals surface area contributed by atoms with E-state index in [1.165, 1.54) is 5.56 Å². The van der Waals surface area contributed by atoms with Crippen molar-refractivity contribution in [2.75, 3.05) is 20.3 Å². The molecule has 0 aromatic carbocycles. The van der Waals surface area contributed by atoms with Gasteiger partial charge < -0.3 is 18.9 Å². The third-order valence-electron chi connectivity index (χ3n) is 4.63. The van der Waals surface area contributed by atoms with E-state index in [4.69, 9.17) is 18.9 Å². The van der Waals surface area contributed by atoms with Crippen LogP contribution >= 0.6 is 0 Å². The second-order valence-corrected chi connectivity index (χ2v) is 5.70. The highest BCUT2D eigenvalue weighted by Gasteiger charge is 2.47. The number of methoxy groups -OCH3 is 1. The zero-order valence-electron chi connectivity index (χ0n) is 11.6. The first-order valence-electron chi connectivity index (χ1n) is 7.23. The second kappa shape index (κ2) is 4.69. The van der Waals surface area contributed by atoms with Crippen molar-refractivity contribution in [1.29, 1.82) is 0 Å². The van der Waals surface area contributed by atoms with Gasteiger partial charge in [-0.2, -0.15) is 0 Å². The zero-order valence-corrected chi connectivity index (χ0v) is 11.6. The summed E-state index contributed by atoms with van der Waals surface area (Å²) < 4.78 is 22.9. The van der Waals surface area contributed by atoms with Crippen LogP contribution in [-0.2, 0) is 20.8 Å². The fourth-order valence-corrected chi connectivity index (χ4v) is 3.65. The maximum atomic E-state index is 5.98. The van der Waals surface area contributed by atoms with Crippen LogP contribution in [0.5, 0.6) is 5.88 Å². The molecule has 3 heterocycles. The van der Waals surface area contributed by atoms with E-state index in [0.717, 1.165) is 25.0 Å². The van der Waals surface area contributed by atoms with Crippen LogP contribution in [0.2, 0.25) is 0 Å². The molecule has 1 spiro atoms. The van der Waals surface area contributed by atoms with Crippen LogP contribution in [-0.4, -0.2) is 37.2 Å². The van der Waals surface area contributed by atoms with E-state index in [1.54, 1.807) is 7.11 Å². The molecule has 1 saturated heterocycles. The van der Waals surface area contributed by atoms with Gasteiger partial charge in [-0.1, -0.05) is 6.07 Å². The molecular weight excluding hydrogens is 258 g/mol. The van der Waals surface area contributed by atoms with Gasteiger partial charge in [0.1, 0.15) is 0 Å². The highest BCUT2D eigenvalue weighted by atomic mass is 16.7. The maximum absolute atomic E-state index is 5.98. The molecule has 2 aliphatic heterocycles. The predicted octanol–water partition coefficient (Wildman–Crippen LogP) is 2.00. The van der Waals surface area contributed by atoms with E-state index in [-0.39, 0.29) is 11.9 Å². The highest BCUT2D eigenvalue weighted by Crippen LogP contribution is 2.47. The molecule has 0 radical (unpaired) electrons. The molecule has 20 heavy (non-hydrogen) atoms. The number of hydrogen-bond donors (Lipinski definition) is 0. The van der Waals surface area contributed by atoms with Gasteiger partial charge in [-0.05, 0) is 12.0 Å². The number of nitrogens with zero attached hydrogens (tertiary/aromatic N) is 1. The van der Waals surface area contributed by atoms with Gasteiger partial charge in [0.25, 0.3) is 0 Å². The number of rotatable bonds is 1. The minimum atomic E-state index is -0.390. The molecule has 0 N–H and O–H groups in total. The fraction of sp³-hybridized carbons (Fsp3) is 0.667. The van der Waals surface area contributed by atoms with Gasteiger partial charge in [-0.25, -0.2) is 4.98 Å². The first kappa shape index (κ1) is 12.6. The molecule has 3 aliphatic rings. The molecule has 5 nitrogen and oxygen atoms in total. The Kier molecular flexibility index (Phi) is 2.94. The lowest BCUT2D eigenvalue weighted by molar-refractivity contribution is -0.201. The van der Waals surface area contributed by atoms with Crippen LogP contribution in [0.25, 0.3) is 0 Å². The van der Waals surface area contributed by atoms with Crippen molar-refractivity contribution in [3.63, 3.8) is 0 Å². The summed E-state index contributed by atoms with van der Waals surface area (Å²) in [4.78, 5) is 4.51. The summed E-state index contributed by atoms with van der Waals surface area (Å²) in [6.45, 7) is 1.97. The van der Waals surface area contributed by atoms with Gasteiger partial charge in [-0.3, -0.25) is 0 Å². The molecule has 0 bridgehead atoms. The van der Waals surface area contributed by atoms with Crippen LogP contribution in [0.3, 0.4) is 0 Å². The van der Waals surface area contributed by atoms with Crippen LogP contribution in [0.4, 0.5) is 0 Å². The van der Waals surface area contributed by atoms with Crippen LogP contribution in [0.1, 0.15) is 36.4 Å². The van der Waals surface area contributed by atoms with E-state index in [0.29, 0.717) is 31.6 Å². The third-order valence-corrected chi connectivity index (χ3v) is 4.63. The Hall–Kier alpha value is -1.17. The second-order valence-electron chi connectivity index (χ2n) is 5.70. The van der Waals surface area contributed by atoms with Crippen molar-refractivity contribution < 1.29 is 18.9 Å². The standard InChI is InChI=1S/C15H19NO4/c1-17-14-3-2-10-11-8-15(19-6-7-20-15)5-4-13(11)18-9-12(10)16-14/h2-3,11,13H,4-9H2,1H3/t11-,13+/m1/s1. The Morgan fingerprint density at radius 2 is 2.15 bits per heavy atom. The molecule has 0 unspecified atom stereocenters. The normalized spacial score (nSPS) is 30.9. The predicted molar refractivity (Wildman–Crippen MR) is 70.6 cm³/mol. The summed E-state index contributed by atoms with van der Waals surface area (Å²) in [7, 11) is 1.64. The number of pyridine rings is 1. The van der Waals surface area contributed by atoms with E-state index in [2.05, 4.69) is 11.1 Å². The zero-order chi connectivity index (χ0) is 13.6. The lowest BCUT2D eigenvalue weighted by Gasteiger charge is -2.43.